The number of aryl methyl sites for hydroxylation is 1. The van der Waals surface area contributed by atoms with Gasteiger partial charge in [0, 0.05) is 23.9 Å². The number of nitrogens with zero attached hydrogens (tertiary/aromatic N) is 1. The molecule has 0 unspecified atom stereocenters. The molecule has 3 rings (SSSR count). The van der Waals surface area contributed by atoms with Gasteiger partial charge in [-0.3, -0.25) is 0 Å². The minimum Gasteiger partial charge on any atom is -0.376 e. The molecule has 2 heterocycles. The Kier molecular flexibility index (Phi) is 2.07. The van der Waals surface area contributed by atoms with E-state index in [1.807, 2.05) is 0 Å². The van der Waals surface area contributed by atoms with Crippen LogP contribution in [0.1, 0.15) is 36.3 Å². The van der Waals surface area contributed by atoms with E-state index in [4.69, 9.17) is 15.0 Å². The summed E-state index contributed by atoms with van der Waals surface area (Å²) in [4.78, 5) is 0. The van der Waals surface area contributed by atoms with Crippen LogP contribution < -0.4 is 5.73 Å². The highest BCUT2D eigenvalue weighted by molar-refractivity contribution is 5.24. The van der Waals surface area contributed by atoms with E-state index in [0.717, 1.165) is 50.2 Å². The Balaban J connectivity index is 1.71. The van der Waals surface area contributed by atoms with Gasteiger partial charge in [0.2, 0.25) is 0 Å². The van der Waals surface area contributed by atoms with E-state index in [1.165, 1.54) is 5.56 Å². The maximum absolute atomic E-state index is 6.05. The molecular weight excluding hydrogens is 192 g/mol. The van der Waals surface area contributed by atoms with Gasteiger partial charge < -0.3 is 15.0 Å². The van der Waals surface area contributed by atoms with Crippen molar-refractivity contribution >= 4 is 0 Å². The van der Waals surface area contributed by atoms with Crippen molar-refractivity contribution in [1.29, 1.82) is 0 Å². The summed E-state index contributed by atoms with van der Waals surface area (Å²) in [6.07, 6.45) is 5.10. The molecule has 1 fully saturated rings. The SMILES string of the molecule is NC1(CCc2onc3c2COCC3)CC1. The fourth-order valence-corrected chi connectivity index (χ4v) is 2.05. The average molecular weight is 208 g/mol. The van der Waals surface area contributed by atoms with E-state index in [-0.39, 0.29) is 5.54 Å². The van der Waals surface area contributed by atoms with Crippen molar-refractivity contribution < 1.29 is 9.26 Å². The molecule has 2 aliphatic rings. The van der Waals surface area contributed by atoms with Crippen molar-refractivity contribution in [1.82, 2.24) is 5.16 Å². The highest BCUT2D eigenvalue weighted by Crippen LogP contribution is 2.37. The number of hydrogen-bond acceptors (Lipinski definition) is 4. The van der Waals surface area contributed by atoms with Crippen LogP contribution in [0.15, 0.2) is 4.52 Å². The predicted molar refractivity (Wildman–Crippen MR) is 54.3 cm³/mol. The third-order valence-electron chi connectivity index (χ3n) is 3.42. The first-order chi connectivity index (χ1) is 7.27. The molecule has 1 aromatic rings. The monoisotopic (exact) mass is 208 g/mol. The molecule has 0 spiro atoms. The Labute approximate surface area is 88.8 Å². The first-order valence-corrected chi connectivity index (χ1v) is 5.60. The average Bonchev–Trinajstić information content (AvgIpc) is 2.86. The Bertz CT molecular complexity index is 369. The summed E-state index contributed by atoms with van der Waals surface area (Å²) in [5.41, 5.74) is 8.39. The molecule has 0 saturated heterocycles. The Morgan fingerprint density at radius 2 is 2.27 bits per heavy atom. The van der Waals surface area contributed by atoms with Crippen LogP contribution >= 0.6 is 0 Å². The van der Waals surface area contributed by atoms with Gasteiger partial charge in [0.05, 0.1) is 18.9 Å². The predicted octanol–water partition coefficient (Wildman–Crippen LogP) is 1.17. The van der Waals surface area contributed by atoms with Gasteiger partial charge in [0.1, 0.15) is 5.76 Å². The fraction of sp³-hybridized carbons (Fsp3) is 0.727. The van der Waals surface area contributed by atoms with Gasteiger partial charge in [-0.25, -0.2) is 0 Å². The third kappa shape index (κ3) is 1.79. The number of hydrogen-bond donors (Lipinski definition) is 1. The first kappa shape index (κ1) is 9.36. The molecule has 1 saturated carbocycles. The van der Waals surface area contributed by atoms with Gasteiger partial charge in [-0.1, -0.05) is 5.16 Å². The smallest absolute Gasteiger partial charge is 0.142 e. The van der Waals surface area contributed by atoms with E-state index in [1.54, 1.807) is 0 Å². The van der Waals surface area contributed by atoms with Gasteiger partial charge >= 0.3 is 0 Å². The lowest BCUT2D eigenvalue weighted by Crippen LogP contribution is -2.22. The Morgan fingerprint density at radius 3 is 3.07 bits per heavy atom. The van der Waals surface area contributed by atoms with Crippen LogP contribution in [0.4, 0.5) is 0 Å². The van der Waals surface area contributed by atoms with E-state index >= 15 is 0 Å². The molecule has 2 N–H and O–H groups in total. The Morgan fingerprint density at radius 1 is 1.40 bits per heavy atom. The Hall–Kier alpha value is -0.870. The van der Waals surface area contributed by atoms with Crippen molar-refractivity contribution in [3.8, 4) is 0 Å². The van der Waals surface area contributed by atoms with Gasteiger partial charge in [-0.15, -0.1) is 0 Å². The molecule has 1 aliphatic carbocycles. The minimum atomic E-state index is 0.0925. The van der Waals surface area contributed by atoms with Crippen LogP contribution in [0.3, 0.4) is 0 Å². The molecule has 82 valence electrons. The molecule has 0 amide bonds. The van der Waals surface area contributed by atoms with Crippen molar-refractivity contribution in [3.63, 3.8) is 0 Å². The van der Waals surface area contributed by atoms with Crippen molar-refractivity contribution in [3.05, 3.63) is 17.0 Å². The third-order valence-corrected chi connectivity index (χ3v) is 3.42. The normalized spacial score (nSPS) is 22.5. The van der Waals surface area contributed by atoms with E-state index in [2.05, 4.69) is 5.16 Å². The zero-order valence-electron chi connectivity index (χ0n) is 8.79. The minimum absolute atomic E-state index is 0.0925. The van der Waals surface area contributed by atoms with Crippen LogP contribution in [0.25, 0.3) is 0 Å². The molecule has 0 atom stereocenters. The first-order valence-electron chi connectivity index (χ1n) is 5.60. The number of ether oxygens (including phenoxy) is 1. The molecule has 1 aliphatic heterocycles. The summed E-state index contributed by atoms with van der Waals surface area (Å²) < 4.78 is 10.8. The molecule has 0 aromatic carbocycles. The number of aromatic nitrogens is 1. The molecule has 4 heteroatoms. The van der Waals surface area contributed by atoms with Gasteiger partial charge in [0.15, 0.2) is 0 Å². The molecule has 4 nitrogen and oxygen atoms in total. The van der Waals surface area contributed by atoms with Crippen LogP contribution in [-0.2, 0) is 24.2 Å². The van der Waals surface area contributed by atoms with Crippen LogP contribution in [0.5, 0.6) is 0 Å². The summed E-state index contributed by atoms with van der Waals surface area (Å²) >= 11 is 0. The quantitative estimate of drug-likeness (QED) is 0.810. The van der Waals surface area contributed by atoms with Gasteiger partial charge in [0.25, 0.3) is 0 Å². The molecule has 0 bridgehead atoms. The zero-order valence-corrected chi connectivity index (χ0v) is 8.79. The topological polar surface area (TPSA) is 61.3 Å². The molecule has 1 aromatic heterocycles. The highest BCUT2D eigenvalue weighted by Gasteiger charge is 2.38. The summed E-state index contributed by atoms with van der Waals surface area (Å²) in [6.45, 7) is 1.42. The lowest BCUT2D eigenvalue weighted by molar-refractivity contribution is 0.109. The largest absolute Gasteiger partial charge is 0.376 e. The van der Waals surface area contributed by atoms with Crippen LogP contribution in [0, 0.1) is 0 Å². The second-order valence-corrected chi connectivity index (χ2v) is 4.70. The second kappa shape index (κ2) is 3.32. The highest BCUT2D eigenvalue weighted by atomic mass is 16.5. The maximum Gasteiger partial charge on any atom is 0.142 e. The summed E-state index contributed by atoms with van der Waals surface area (Å²) in [5, 5.41) is 4.08. The van der Waals surface area contributed by atoms with Gasteiger partial charge in [-0.05, 0) is 19.3 Å². The van der Waals surface area contributed by atoms with Crippen molar-refractivity contribution in [2.75, 3.05) is 6.61 Å². The fourth-order valence-electron chi connectivity index (χ4n) is 2.05. The molecule has 0 radical (unpaired) electrons. The van der Waals surface area contributed by atoms with E-state index in [0.29, 0.717) is 6.61 Å². The second-order valence-electron chi connectivity index (χ2n) is 4.70. The van der Waals surface area contributed by atoms with Gasteiger partial charge in [-0.2, -0.15) is 0 Å². The lowest BCUT2D eigenvalue weighted by Gasteiger charge is -2.11. The number of nitrogens with two attached hydrogens (primary N) is 1. The lowest BCUT2D eigenvalue weighted by atomic mass is 10.0. The summed E-state index contributed by atoms with van der Waals surface area (Å²) in [5.74, 6) is 0.987. The van der Waals surface area contributed by atoms with Crippen molar-refractivity contribution in [2.24, 2.45) is 5.73 Å². The summed E-state index contributed by atoms with van der Waals surface area (Å²) in [7, 11) is 0. The molecule has 15 heavy (non-hydrogen) atoms. The van der Waals surface area contributed by atoms with E-state index in [9.17, 15) is 0 Å². The molecular formula is C11H16N2O2. The van der Waals surface area contributed by atoms with Crippen LogP contribution in [0.2, 0.25) is 0 Å². The number of rotatable bonds is 3. The number of fused-ring (bicyclic) bond motifs is 1. The van der Waals surface area contributed by atoms with Crippen LogP contribution in [-0.4, -0.2) is 17.3 Å². The summed E-state index contributed by atoms with van der Waals surface area (Å²) in [6, 6.07) is 0. The van der Waals surface area contributed by atoms with E-state index < -0.39 is 0 Å². The standard InChI is InChI=1S/C11H16N2O2/c12-11(4-5-11)3-1-10-8-7-14-6-2-9(8)13-15-10/h1-7,12H2. The maximum atomic E-state index is 6.05. The van der Waals surface area contributed by atoms with Crippen molar-refractivity contribution in [2.45, 2.75) is 44.2 Å². The zero-order chi connectivity index (χ0) is 10.3.